The average molecular weight is 490 g/mol. The number of carbonyl (C=O) groups is 1. The van der Waals surface area contributed by atoms with E-state index in [-0.39, 0.29) is 23.0 Å². The van der Waals surface area contributed by atoms with Crippen molar-refractivity contribution < 1.29 is 13.2 Å². The van der Waals surface area contributed by atoms with Crippen molar-refractivity contribution in [2.24, 2.45) is 0 Å². The molecular formula is C22H24BrN3O3S. The first-order chi connectivity index (χ1) is 14.3. The number of rotatable bonds is 5. The summed E-state index contributed by atoms with van der Waals surface area (Å²) in [5, 5.41) is 1.83. The number of carbonyl (C=O) groups excluding carboxylic acids is 1. The molecule has 4 rings (SSSR count). The van der Waals surface area contributed by atoms with Crippen molar-refractivity contribution in [3.8, 4) is 0 Å². The Morgan fingerprint density at radius 1 is 1.13 bits per heavy atom. The van der Waals surface area contributed by atoms with Gasteiger partial charge in [0.1, 0.15) is 0 Å². The van der Waals surface area contributed by atoms with Crippen LogP contribution in [0.15, 0.2) is 58.3 Å². The van der Waals surface area contributed by atoms with Gasteiger partial charge in [0.05, 0.1) is 22.7 Å². The number of hydrogen-bond donors (Lipinski definition) is 0. The predicted octanol–water partition coefficient (Wildman–Crippen LogP) is 4.13. The van der Waals surface area contributed by atoms with Crippen LogP contribution < -0.4 is 0 Å². The number of piperidine rings is 1. The van der Waals surface area contributed by atoms with E-state index in [1.165, 1.54) is 0 Å². The zero-order valence-electron chi connectivity index (χ0n) is 16.8. The number of hydrogen-bond acceptors (Lipinski definition) is 4. The first-order valence-corrected chi connectivity index (χ1v) is 12.5. The molecule has 2 aromatic carbocycles. The van der Waals surface area contributed by atoms with Crippen molar-refractivity contribution in [1.82, 2.24) is 14.5 Å². The fourth-order valence-corrected chi connectivity index (χ4v) is 5.58. The summed E-state index contributed by atoms with van der Waals surface area (Å²) in [7, 11) is -3.52. The first kappa shape index (κ1) is 21.1. The zero-order chi connectivity index (χ0) is 21.3. The van der Waals surface area contributed by atoms with Crippen molar-refractivity contribution in [3.63, 3.8) is 0 Å². The van der Waals surface area contributed by atoms with E-state index < -0.39 is 9.84 Å². The van der Waals surface area contributed by atoms with E-state index in [2.05, 4.69) is 25.5 Å². The number of benzene rings is 2. The number of nitrogens with zero attached hydrogens (tertiary/aromatic N) is 3. The summed E-state index contributed by atoms with van der Waals surface area (Å²) in [6.07, 6.45) is 5.59. The highest BCUT2D eigenvalue weighted by Gasteiger charge is 2.25. The average Bonchev–Trinajstić information content (AvgIpc) is 3.18. The quantitative estimate of drug-likeness (QED) is 0.539. The number of aromatic nitrogens is 2. The van der Waals surface area contributed by atoms with Crippen LogP contribution in [-0.4, -0.2) is 47.6 Å². The van der Waals surface area contributed by atoms with Crippen LogP contribution in [0.4, 0.5) is 0 Å². The molecule has 0 N–H and O–H groups in total. The molecule has 0 atom stereocenters. The maximum atomic E-state index is 12.8. The van der Waals surface area contributed by atoms with Crippen LogP contribution >= 0.6 is 15.9 Å². The molecule has 1 saturated heterocycles. The van der Waals surface area contributed by atoms with E-state index in [1.54, 1.807) is 23.1 Å². The normalized spacial score (nSPS) is 15.6. The van der Waals surface area contributed by atoms with Crippen LogP contribution in [0.5, 0.6) is 0 Å². The van der Waals surface area contributed by atoms with Crippen molar-refractivity contribution in [1.29, 1.82) is 0 Å². The lowest BCUT2D eigenvalue weighted by molar-refractivity contribution is -0.132. The Hall–Kier alpha value is -2.19. The molecule has 0 unspecified atom stereocenters. The van der Waals surface area contributed by atoms with Crippen LogP contribution in [0.3, 0.4) is 0 Å². The van der Waals surface area contributed by atoms with Gasteiger partial charge in [-0.15, -0.1) is 0 Å². The molecule has 0 saturated carbocycles. The molecule has 30 heavy (non-hydrogen) atoms. The molecule has 1 fully saturated rings. The summed E-state index contributed by atoms with van der Waals surface area (Å²) in [5.41, 5.74) is 0.986. The van der Waals surface area contributed by atoms with E-state index in [0.29, 0.717) is 19.1 Å². The van der Waals surface area contributed by atoms with Gasteiger partial charge >= 0.3 is 0 Å². The second-order valence-corrected chi connectivity index (χ2v) is 10.8. The molecule has 1 aromatic heterocycles. The lowest BCUT2D eigenvalue weighted by Gasteiger charge is -2.32. The lowest BCUT2D eigenvalue weighted by Crippen LogP contribution is -2.39. The SMILES string of the molecule is Cc1cn(C2CCN(C(=O)CCS(=O)(=O)c3ccc4cc(Br)ccc4c3)CC2)cn1. The maximum Gasteiger partial charge on any atom is 0.223 e. The van der Waals surface area contributed by atoms with Gasteiger partial charge in [0, 0.05) is 36.2 Å². The Kier molecular flexibility index (Phi) is 5.97. The molecule has 0 aliphatic carbocycles. The highest BCUT2D eigenvalue weighted by molar-refractivity contribution is 9.10. The number of amides is 1. The summed E-state index contributed by atoms with van der Waals surface area (Å²) in [4.78, 5) is 18.9. The molecule has 158 valence electrons. The lowest BCUT2D eigenvalue weighted by atomic mass is 10.0. The van der Waals surface area contributed by atoms with Gasteiger partial charge in [0.2, 0.25) is 5.91 Å². The van der Waals surface area contributed by atoms with Crippen LogP contribution in [-0.2, 0) is 14.6 Å². The highest BCUT2D eigenvalue weighted by Crippen LogP contribution is 2.25. The number of halogens is 1. The van der Waals surface area contributed by atoms with Crippen LogP contribution in [0, 0.1) is 6.92 Å². The number of aryl methyl sites for hydroxylation is 1. The first-order valence-electron chi connectivity index (χ1n) is 10.0. The Morgan fingerprint density at radius 2 is 1.83 bits per heavy atom. The summed E-state index contributed by atoms with van der Waals surface area (Å²) in [6.45, 7) is 3.25. The van der Waals surface area contributed by atoms with Gasteiger partial charge in [0.15, 0.2) is 9.84 Å². The molecule has 1 aliphatic rings. The summed E-state index contributed by atoms with van der Waals surface area (Å²) < 4.78 is 28.6. The fraction of sp³-hybridized carbons (Fsp3) is 0.364. The Bertz CT molecular complexity index is 1180. The molecule has 6 nitrogen and oxygen atoms in total. The molecule has 0 spiro atoms. The van der Waals surface area contributed by atoms with Crippen molar-refractivity contribution in [2.45, 2.75) is 37.1 Å². The van der Waals surface area contributed by atoms with Gasteiger partial charge in [-0.2, -0.15) is 0 Å². The Balaban J connectivity index is 1.35. The molecule has 3 aromatic rings. The van der Waals surface area contributed by atoms with E-state index in [4.69, 9.17) is 0 Å². The van der Waals surface area contributed by atoms with Crippen molar-refractivity contribution in [2.75, 3.05) is 18.8 Å². The van der Waals surface area contributed by atoms with Crippen LogP contribution in [0.1, 0.15) is 31.0 Å². The minimum absolute atomic E-state index is 0.00948. The monoisotopic (exact) mass is 489 g/mol. The molecule has 1 aliphatic heterocycles. The van der Waals surface area contributed by atoms with Crippen LogP contribution in [0.25, 0.3) is 10.8 Å². The Morgan fingerprint density at radius 3 is 2.53 bits per heavy atom. The third-order valence-electron chi connectivity index (χ3n) is 5.69. The molecule has 1 amide bonds. The topological polar surface area (TPSA) is 72.3 Å². The van der Waals surface area contributed by atoms with Gasteiger partial charge in [-0.05, 0) is 54.8 Å². The summed E-state index contributed by atoms with van der Waals surface area (Å²) >= 11 is 3.42. The van der Waals surface area contributed by atoms with Crippen LogP contribution in [0.2, 0.25) is 0 Å². The van der Waals surface area contributed by atoms with Gasteiger partial charge in [-0.1, -0.05) is 28.1 Å². The van der Waals surface area contributed by atoms with E-state index in [1.807, 2.05) is 37.6 Å². The number of fused-ring (bicyclic) bond motifs is 1. The third kappa shape index (κ3) is 4.59. The third-order valence-corrected chi connectivity index (χ3v) is 7.89. The minimum atomic E-state index is -3.52. The van der Waals surface area contributed by atoms with Gasteiger partial charge < -0.3 is 9.47 Å². The fourth-order valence-electron chi connectivity index (χ4n) is 3.94. The van der Waals surface area contributed by atoms with Gasteiger partial charge in [-0.3, -0.25) is 4.79 Å². The van der Waals surface area contributed by atoms with Gasteiger partial charge in [0.25, 0.3) is 0 Å². The minimum Gasteiger partial charge on any atom is -0.343 e. The number of imidazole rings is 1. The standard InChI is InChI=1S/C22H24BrN3O3S/c1-16-14-26(15-24-16)20-6-9-25(10-7-20)22(27)8-11-30(28,29)21-5-3-17-12-19(23)4-2-18(17)13-21/h2-5,12-15,20H,6-11H2,1H3. The second kappa shape index (κ2) is 8.51. The van der Waals surface area contributed by atoms with E-state index in [9.17, 15) is 13.2 Å². The van der Waals surface area contributed by atoms with E-state index in [0.717, 1.165) is 33.8 Å². The smallest absolute Gasteiger partial charge is 0.223 e. The maximum absolute atomic E-state index is 12.8. The van der Waals surface area contributed by atoms with Crippen molar-refractivity contribution in [3.05, 3.63) is 59.1 Å². The van der Waals surface area contributed by atoms with Gasteiger partial charge in [-0.25, -0.2) is 13.4 Å². The Labute approximate surface area is 185 Å². The summed E-state index contributed by atoms with van der Waals surface area (Å²) in [6, 6.07) is 11.2. The number of sulfone groups is 1. The van der Waals surface area contributed by atoms with E-state index >= 15 is 0 Å². The van der Waals surface area contributed by atoms with Crippen molar-refractivity contribution >= 4 is 42.4 Å². The molecule has 0 bridgehead atoms. The molecule has 0 radical (unpaired) electrons. The second-order valence-electron chi connectivity index (χ2n) is 7.80. The highest BCUT2D eigenvalue weighted by atomic mass is 79.9. The molecular weight excluding hydrogens is 466 g/mol. The predicted molar refractivity (Wildman–Crippen MR) is 120 cm³/mol. The molecule has 2 heterocycles. The largest absolute Gasteiger partial charge is 0.343 e. The summed E-state index contributed by atoms with van der Waals surface area (Å²) in [5.74, 6) is -0.266. The number of likely N-dealkylation sites (tertiary alicyclic amines) is 1. The molecule has 8 heteroatoms. The zero-order valence-corrected chi connectivity index (χ0v) is 19.2.